The highest BCUT2D eigenvalue weighted by molar-refractivity contribution is 14.1. The lowest BCUT2D eigenvalue weighted by atomic mass is 10.5. The first-order valence-corrected chi connectivity index (χ1v) is 4.99. The molecule has 0 aromatic carbocycles. The summed E-state index contributed by atoms with van der Waals surface area (Å²) in [6.07, 6.45) is -4.35. The highest BCUT2D eigenvalue weighted by Gasteiger charge is 2.36. The summed E-state index contributed by atoms with van der Waals surface area (Å²) < 4.78 is 36.3. The molecule has 11 heavy (non-hydrogen) atoms. The number of aromatic nitrogens is 1. The minimum atomic E-state index is -4.35. The van der Waals surface area contributed by atoms with Gasteiger partial charge in [-0.1, -0.05) is 0 Å². The largest absolute Gasteiger partial charge is 0.435 e. The van der Waals surface area contributed by atoms with E-state index < -0.39 is 11.9 Å². The molecule has 1 rings (SSSR count). The van der Waals surface area contributed by atoms with Crippen molar-refractivity contribution in [2.75, 3.05) is 0 Å². The smallest absolute Gasteiger partial charge is 0.224 e. The summed E-state index contributed by atoms with van der Waals surface area (Å²) in [5.41, 5.74) is -0.841. The van der Waals surface area contributed by atoms with Gasteiger partial charge in [-0.05, 0) is 38.5 Å². The molecule has 1 aromatic rings. The van der Waals surface area contributed by atoms with E-state index in [0.717, 1.165) is 11.3 Å². The van der Waals surface area contributed by atoms with Crippen molar-refractivity contribution < 1.29 is 13.2 Å². The van der Waals surface area contributed by atoms with E-state index in [1.165, 1.54) is 0 Å². The second-order valence-corrected chi connectivity index (χ2v) is 5.66. The Bertz CT molecular complexity index is 271. The van der Waals surface area contributed by atoms with E-state index in [2.05, 4.69) is 20.9 Å². The molecular weight excluding hydrogens is 358 g/mol. The molecular formula is C4BrF3INS. The summed E-state index contributed by atoms with van der Waals surface area (Å²) in [5, 5.41) is 0. The van der Waals surface area contributed by atoms with Crippen molar-refractivity contribution in [1.29, 1.82) is 0 Å². The Kier molecular flexibility index (Phi) is 2.80. The topological polar surface area (TPSA) is 12.9 Å². The number of hydrogen-bond donors (Lipinski definition) is 0. The third-order valence-electron chi connectivity index (χ3n) is 0.828. The van der Waals surface area contributed by atoms with Gasteiger partial charge in [0, 0.05) is 0 Å². The van der Waals surface area contributed by atoms with Crippen molar-refractivity contribution in [1.82, 2.24) is 4.98 Å². The average Bonchev–Trinajstić information content (AvgIpc) is 2.08. The van der Waals surface area contributed by atoms with E-state index >= 15 is 0 Å². The minimum Gasteiger partial charge on any atom is -0.224 e. The van der Waals surface area contributed by atoms with Crippen LogP contribution in [0, 0.1) is 3.01 Å². The van der Waals surface area contributed by atoms with Crippen molar-refractivity contribution in [3.63, 3.8) is 0 Å². The number of nitrogens with zero attached hydrogens (tertiary/aromatic N) is 1. The van der Waals surface area contributed by atoms with Crippen LogP contribution < -0.4 is 0 Å². The Morgan fingerprint density at radius 3 is 2.18 bits per heavy atom. The highest BCUT2D eigenvalue weighted by atomic mass is 127. The normalized spacial score (nSPS) is 12.1. The van der Waals surface area contributed by atoms with Crippen LogP contribution in [0.2, 0.25) is 0 Å². The fourth-order valence-corrected chi connectivity index (χ4v) is 3.58. The minimum absolute atomic E-state index is 0.0365. The Morgan fingerprint density at radius 1 is 1.45 bits per heavy atom. The van der Waals surface area contributed by atoms with Gasteiger partial charge in [-0.15, -0.1) is 11.3 Å². The molecule has 0 aliphatic carbocycles. The summed E-state index contributed by atoms with van der Waals surface area (Å²) in [4.78, 5) is 3.31. The summed E-state index contributed by atoms with van der Waals surface area (Å²) in [7, 11) is 0. The molecule has 0 amide bonds. The maximum Gasteiger partial charge on any atom is 0.435 e. The van der Waals surface area contributed by atoms with Gasteiger partial charge in [-0.2, -0.15) is 13.2 Å². The van der Waals surface area contributed by atoms with E-state index in [9.17, 15) is 13.2 Å². The lowest BCUT2D eigenvalue weighted by molar-refractivity contribution is -0.141. The summed E-state index contributed by atoms with van der Waals surface area (Å²) >= 11 is 5.50. The monoisotopic (exact) mass is 357 g/mol. The molecule has 0 aliphatic rings. The Labute approximate surface area is 86.3 Å². The van der Waals surface area contributed by atoms with Gasteiger partial charge < -0.3 is 0 Å². The molecule has 0 atom stereocenters. The van der Waals surface area contributed by atoms with E-state index in [1.807, 2.05) is 0 Å². The predicted molar refractivity (Wildman–Crippen MR) is 47.5 cm³/mol. The maximum atomic E-state index is 12.0. The van der Waals surface area contributed by atoms with Crippen molar-refractivity contribution in [3.8, 4) is 0 Å². The summed E-state index contributed by atoms with van der Waals surface area (Å²) in [5.74, 6) is 0. The molecule has 0 unspecified atom stereocenters. The first-order valence-electron chi connectivity index (χ1n) is 2.30. The van der Waals surface area contributed by atoms with Crippen LogP contribution in [0.15, 0.2) is 3.79 Å². The summed E-state index contributed by atoms with van der Waals surface area (Å²) in [6, 6.07) is 0. The second-order valence-electron chi connectivity index (χ2n) is 1.59. The molecule has 1 heterocycles. The highest BCUT2D eigenvalue weighted by Crippen LogP contribution is 2.37. The van der Waals surface area contributed by atoms with Gasteiger partial charge >= 0.3 is 6.18 Å². The van der Waals surface area contributed by atoms with Crippen LogP contribution in [-0.4, -0.2) is 4.98 Å². The van der Waals surface area contributed by atoms with Crippen LogP contribution in [0.25, 0.3) is 0 Å². The van der Waals surface area contributed by atoms with Crippen molar-refractivity contribution in [3.05, 3.63) is 12.5 Å². The molecule has 0 saturated carbocycles. The van der Waals surface area contributed by atoms with Gasteiger partial charge in [0.2, 0.25) is 0 Å². The van der Waals surface area contributed by atoms with E-state index in [4.69, 9.17) is 0 Å². The second kappa shape index (κ2) is 3.17. The van der Waals surface area contributed by atoms with Crippen molar-refractivity contribution in [2.24, 2.45) is 0 Å². The van der Waals surface area contributed by atoms with Crippen molar-refractivity contribution in [2.45, 2.75) is 6.18 Å². The number of halogens is 5. The quantitative estimate of drug-likeness (QED) is 0.647. The zero-order valence-electron chi connectivity index (χ0n) is 4.75. The fourth-order valence-electron chi connectivity index (χ4n) is 0.452. The molecule has 0 spiro atoms. The maximum absolute atomic E-state index is 12.0. The third kappa shape index (κ3) is 2.28. The molecule has 0 bridgehead atoms. The van der Waals surface area contributed by atoms with Gasteiger partial charge in [-0.25, -0.2) is 4.98 Å². The zero-order valence-corrected chi connectivity index (χ0v) is 9.31. The van der Waals surface area contributed by atoms with Crippen LogP contribution in [0.4, 0.5) is 13.2 Å². The molecule has 0 fully saturated rings. The molecule has 0 N–H and O–H groups in total. The fraction of sp³-hybridized carbons (Fsp3) is 0.250. The molecule has 1 nitrogen and oxygen atoms in total. The summed E-state index contributed by atoms with van der Waals surface area (Å²) in [6.45, 7) is 0. The first-order chi connectivity index (χ1) is 4.91. The SMILES string of the molecule is FC(F)(F)c1nc(I)sc1Br. The van der Waals surface area contributed by atoms with Gasteiger partial charge in [-0.3, -0.25) is 0 Å². The third-order valence-corrected chi connectivity index (χ3v) is 3.22. The van der Waals surface area contributed by atoms with Crippen LogP contribution in [0.1, 0.15) is 5.69 Å². The van der Waals surface area contributed by atoms with E-state index in [0.29, 0.717) is 3.01 Å². The van der Waals surface area contributed by atoms with Crippen LogP contribution in [0.3, 0.4) is 0 Å². The van der Waals surface area contributed by atoms with Gasteiger partial charge in [0.15, 0.2) is 8.71 Å². The molecule has 0 aliphatic heterocycles. The molecule has 1 aromatic heterocycles. The number of rotatable bonds is 0. The van der Waals surface area contributed by atoms with Gasteiger partial charge in [0.1, 0.15) is 3.79 Å². The Morgan fingerprint density at radius 2 is 2.00 bits per heavy atom. The van der Waals surface area contributed by atoms with Gasteiger partial charge in [0.25, 0.3) is 0 Å². The van der Waals surface area contributed by atoms with Crippen LogP contribution in [0.5, 0.6) is 0 Å². The molecule has 0 radical (unpaired) electrons. The van der Waals surface area contributed by atoms with Crippen LogP contribution in [-0.2, 0) is 6.18 Å². The van der Waals surface area contributed by atoms with E-state index in [1.54, 1.807) is 22.6 Å². The standard InChI is InChI=1S/C4BrF3INS/c5-2-1(4(6,7)8)10-3(9)11-2. The number of thiazole rings is 1. The van der Waals surface area contributed by atoms with Crippen LogP contribution >= 0.6 is 49.9 Å². The van der Waals surface area contributed by atoms with Gasteiger partial charge in [0.05, 0.1) is 0 Å². The predicted octanol–water partition coefficient (Wildman–Crippen LogP) is 3.53. The Hall–Kier alpha value is 0.630. The average molecular weight is 358 g/mol. The first kappa shape index (κ1) is 9.72. The molecule has 62 valence electrons. The molecule has 7 heteroatoms. The number of alkyl halides is 3. The molecule has 0 saturated heterocycles. The lowest BCUT2D eigenvalue weighted by Gasteiger charge is -2.00. The zero-order chi connectivity index (χ0) is 8.65. The lowest BCUT2D eigenvalue weighted by Crippen LogP contribution is -2.05. The Balaban J connectivity index is 3.13. The van der Waals surface area contributed by atoms with Crippen molar-refractivity contribution >= 4 is 49.9 Å². The number of hydrogen-bond acceptors (Lipinski definition) is 2. The van der Waals surface area contributed by atoms with E-state index in [-0.39, 0.29) is 3.79 Å².